The molecule has 0 radical (unpaired) electrons. The van der Waals surface area contributed by atoms with E-state index in [0.717, 1.165) is 44.7 Å². The molecule has 0 aliphatic carbocycles. The molecular weight excluding hydrogens is 667 g/mol. The van der Waals surface area contributed by atoms with Crippen molar-refractivity contribution in [2.45, 2.75) is 28.9 Å². The Labute approximate surface area is 272 Å². The molecular formula is C31H23ClF3N3O6S2. The van der Waals surface area contributed by atoms with Gasteiger partial charge in [-0.15, -0.1) is 0 Å². The van der Waals surface area contributed by atoms with Crippen LogP contribution in [-0.2, 0) is 27.1 Å². The number of aromatic nitrogens is 1. The normalized spacial score (nSPS) is 19.1. The molecule has 3 heterocycles. The summed E-state index contributed by atoms with van der Waals surface area (Å²) in [5.74, 6) is -2.83. The van der Waals surface area contributed by atoms with Crippen molar-refractivity contribution in [2.75, 3.05) is 24.4 Å². The van der Waals surface area contributed by atoms with Gasteiger partial charge in [-0.1, -0.05) is 52.9 Å². The standard InChI is InChI=1S/C31H23ClF3N3O6S2/c1-43-20-12-7-15(13-21(20)44-2)23-24-25(28(41)38(27(24)40)17-10-8-16(32)9-11-17)45-29-26(23)46-30(42)37(29)14-22(39)36-19-6-4-3-5-18(19)31(33,34)35/h3-13,23-25H,14H2,1-2H3,(H,36,39). The van der Waals surface area contributed by atoms with E-state index < -0.39 is 63.7 Å². The highest BCUT2D eigenvalue weighted by atomic mass is 35.5. The number of anilines is 2. The topological polar surface area (TPSA) is 107 Å². The van der Waals surface area contributed by atoms with Crippen molar-refractivity contribution in [3.05, 3.63) is 97.4 Å². The van der Waals surface area contributed by atoms with E-state index in [1.807, 2.05) is 0 Å². The van der Waals surface area contributed by atoms with Gasteiger partial charge >= 0.3 is 11.0 Å². The maximum Gasteiger partial charge on any atom is 0.418 e. The highest BCUT2D eigenvalue weighted by Gasteiger charge is 2.57. The first-order valence-electron chi connectivity index (χ1n) is 13.6. The maximum absolute atomic E-state index is 14.1. The Morgan fingerprint density at radius 2 is 1.65 bits per heavy atom. The first kappa shape index (κ1) is 31.7. The number of carbonyl (C=O) groups excluding carboxylic acids is 3. The van der Waals surface area contributed by atoms with Crippen molar-refractivity contribution in [2.24, 2.45) is 5.92 Å². The SMILES string of the molecule is COc1ccc(C2c3sc(=O)n(CC(=O)Nc4ccccc4C(F)(F)F)c3SC3C(=O)N(c4ccc(Cl)cc4)C(=O)C32)cc1OC. The lowest BCUT2D eigenvalue weighted by molar-refractivity contribution is -0.137. The van der Waals surface area contributed by atoms with Crippen LogP contribution in [0.5, 0.6) is 11.5 Å². The monoisotopic (exact) mass is 689 g/mol. The number of halogens is 4. The average molecular weight is 690 g/mol. The van der Waals surface area contributed by atoms with Gasteiger partial charge in [-0.05, 0) is 54.1 Å². The van der Waals surface area contributed by atoms with Gasteiger partial charge in [-0.25, -0.2) is 4.90 Å². The Bertz CT molecular complexity index is 1930. The molecule has 6 rings (SSSR count). The number of imide groups is 1. The van der Waals surface area contributed by atoms with E-state index in [2.05, 4.69) is 5.32 Å². The van der Waals surface area contributed by atoms with Crippen LogP contribution < -0.4 is 24.6 Å². The molecule has 0 saturated carbocycles. The number of amides is 3. The number of ether oxygens (including phenoxy) is 2. The number of benzene rings is 3. The zero-order valence-corrected chi connectivity index (χ0v) is 26.4. The van der Waals surface area contributed by atoms with Crippen LogP contribution in [0.4, 0.5) is 24.5 Å². The summed E-state index contributed by atoms with van der Waals surface area (Å²) in [5, 5.41) is 1.97. The lowest BCUT2D eigenvalue weighted by atomic mass is 9.83. The number of rotatable bonds is 7. The van der Waals surface area contributed by atoms with Gasteiger partial charge in [0.15, 0.2) is 11.5 Å². The minimum Gasteiger partial charge on any atom is -0.493 e. The summed E-state index contributed by atoms with van der Waals surface area (Å²) in [6, 6.07) is 15.8. The van der Waals surface area contributed by atoms with Gasteiger partial charge in [-0.3, -0.25) is 23.7 Å². The highest BCUT2D eigenvalue weighted by Crippen LogP contribution is 2.54. The van der Waals surface area contributed by atoms with Crippen molar-refractivity contribution in [3.8, 4) is 11.5 Å². The van der Waals surface area contributed by atoms with E-state index in [9.17, 15) is 32.3 Å². The lowest BCUT2D eigenvalue weighted by Crippen LogP contribution is -2.33. The first-order valence-corrected chi connectivity index (χ1v) is 15.7. The maximum atomic E-state index is 14.1. The number of methoxy groups -OCH3 is 2. The van der Waals surface area contributed by atoms with Crippen LogP contribution in [0.25, 0.3) is 0 Å². The Balaban J connectivity index is 1.43. The van der Waals surface area contributed by atoms with E-state index in [1.54, 1.807) is 42.5 Å². The fourth-order valence-corrected chi connectivity index (χ4v) is 8.58. The summed E-state index contributed by atoms with van der Waals surface area (Å²) in [7, 11) is 2.92. The summed E-state index contributed by atoms with van der Waals surface area (Å²) in [6.07, 6.45) is -4.72. The summed E-state index contributed by atoms with van der Waals surface area (Å²) < 4.78 is 52.6. The third-order valence-corrected chi connectivity index (χ3v) is 10.6. The first-order chi connectivity index (χ1) is 21.9. The Hall–Kier alpha value is -4.27. The van der Waals surface area contributed by atoms with Gasteiger partial charge in [-0.2, -0.15) is 13.2 Å². The molecule has 3 unspecified atom stereocenters. The van der Waals surface area contributed by atoms with Gasteiger partial charge in [0, 0.05) is 15.8 Å². The van der Waals surface area contributed by atoms with Gasteiger partial charge in [0.25, 0.3) is 0 Å². The molecule has 3 atom stereocenters. The number of thiazole rings is 1. The zero-order chi connectivity index (χ0) is 32.9. The van der Waals surface area contributed by atoms with E-state index >= 15 is 0 Å². The molecule has 1 N–H and O–H groups in total. The molecule has 238 valence electrons. The predicted molar refractivity (Wildman–Crippen MR) is 167 cm³/mol. The van der Waals surface area contributed by atoms with Crippen LogP contribution in [0.15, 0.2) is 76.6 Å². The second-order valence-electron chi connectivity index (χ2n) is 10.4. The fraction of sp³-hybridized carbons (Fsp3) is 0.226. The van der Waals surface area contributed by atoms with Crippen LogP contribution in [0.1, 0.15) is 21.9 Å². The highest BCUT2D eigenvalue weighted by molar-refractivity contribution is 8.00. The zero-order valence-electron chi connectivity index (χ0n) is 24.0. The van der Waals surface area contributed by atoms with Gasteiger partial charge in [0.2, 0.25) is 17.7 Å². The average Bonchev–Trinajstić information content (AvgIpc) is 3.47. The number of hydrogen-bond acceptors (Lipinski definition) is 8. The van der Waals surface area contributed by atoms with E-state index in [4.69, 9.17) is 21.1 Å². The molecule has 0 bridgehead atoms. The largest absolute Gasteiger partial charge is 0.493 e. The summed E-state index contributed by atoms with van der Waals surface area (Å²) in [5.41, 5.74) is -0.608. The molecule has 2 aliphatic heterocycles. The number of hydrogen-bond donors (Lipinski definition) is 1. The molecule has 1 fully saturated rings. The summed E-state index contributed by atoms with van der Waals surface area (Å²) >= 11 is 7.82. The number of nitrogens with zero attached hydrogens (tertiary/aromatic N) is 2. The van der Waals surface area contributed by atoms with Crippen LogP contribution >= 0.6 is 34.7 Å². The number of para-hydroxylation sites is 1. The summed E-state index contributed by atoms with van der Waals surface area (Å²) in [6.45, 7) is -0.622. The van der Waals surface area contributed by atoms with Crippen molar-refractivity contribution in [1.29, 1.82) is 0 Å². The molecule has 1 aromatic heterocycles. The molecule has 46 heavy (non-hydrogen) atoms. The van der Waals surface area contributed by atoms with Crippen molar-refractivity contribution >= 4 is 63.8 Å². The van der Waals surface area contributed by atoms with Gasteiger partial charge in [0.1, 0.15) is 11.8 Å². The number of fused-ring (bicyclic) bond motifs is 2. The molecule has 0 spiro atoms. The lowest BCUT2D eigenvalue weighted by Gasteiger charge is -2.31. The Morgan fingerprint density at radius 1 is 0.957 bits per heavy atom. The smallest absolute Gasteiger partial charge is 0.418 e. The van der Waals surface area contributed by atoms with Crippen molar-refractivity contribution in [1.82, 2.24) is 4.57 Å². The number of alkyl halides is 3. The Kier molecular flexibility index (Phi) is 8.38. The quantitative estimate of drug-likeness (QED) is 0.236. The molecule has 9 nitrogen and oxygen atoms in total. The van der Waals surface area contributed by atoms with Crippen LogP contribution in [0.3, 0.4) is 0 Å². The predicted octanol–water partition coefficient (Wildman–Crippen LogP) is 6.03. The van der Waals surface area contributed by atoms with Crippen molar-refractivity contribution < 1.29 is 37.0 Å². The molecule has 15 heteroatoms. The fourth-order valence-electron chi connectivity index (χ4n) is 5.68. The number of carbonyl (C=O) groups is 3. The second kappa shape index (κ2) is 12.2. The molecule has 3 amide bonds. The van der Waals surface area contributed by atoms with Crippen LogP contribution in [0, 0.1) is 5.92 Å². The van der Waals surface area contributed by atoms with E-state index in [-0.39, 0.29) is 5.03 Å². The molecule has 4 aromatic rings. The third-order valence-electron chi connectivity index (χ3n) is 7.71. The number of nitrogens with one attached hydrogen (secondary N) is 1. The Morgan fingerprint density at radius 3 is 2.33 bits per heavy atom. The van der Waals surface area contributed by atoms with Crippen LogP contribution in [0.2, 0.25) is 5.02 Å². The van der Waals surface area contributed by atoms with Crippen molar-refractivity contribution in [3.63, 3.8) is 0 Å². The van der Waals surface area contributed by atoms with Crippen LogP contribution in [-0.4, -0.2) is 41.8 Å². The minimum absolute atomic E-state index is 0.273. The second-order valence-corrected chi connectivity index (χ2v) is 12.9. The molecule has 3 aromatic carbocycles. The molecule has 2 aliphatic rings. The van der Waals surface area contributed by atoms with E-state index in [1.165, 1.54) is 26.4 Å². The molecule has 1 saturated heterocycles. The number of thioether (sulfide) groups is 1. The van der Waals surface area contributed by atoms with Gasteiger partial charge < -0.3 is 14.8 Å². The van der Waals surface area contributed by atoms with E-state index in [0.29, 0.717) is 32.6 Å². The minimum atomic E-state index is -4.72. The summed E-state index contributed by atoms with van der Waals surface area (Å²) in [4.78, 5) is 55.4. The third kappa shape index (κ3) is 5.54. The van der Waals surface area contributed by atoms with Gasteiger partial charge in [0.05, 0.1) is 42.1 Å².